The minimum Gasteiger partial charge on any atom is -0.481 e. The van der Waals surface area contributed by atoms with Crippen molar-refractivity contribution in [1.82, 2.24) is 4.98 Å². The summed E-state index contributed by atoms with van der Waals surface area (Å²) in [6.07, 6.45) is -4.86. The van der Waals surface area contributed by atoms with Gasteiger partial charge in [0.15, 0.2) is 0 Å². The maximum absolute atomic E-state index is 12.5. The van der Waals surface area contributed by atoms with E-state index in [1.54, 1.807) is 12.1 Å². The van der Waals surface area contributed by atoms with Crippen LogP contribution in [0.4, 0.5) is 13.2 Å². The summed E-state index contributed by atoms with van der Waals surface area (Å²) in [4.78, 5) is 4.11. The molecule has 0 aliphatic rings. The fraction of sp³-hybridized carbons (Fsp3) is 0.200. The standard InChI is InChI=1S/C15H11F3N2O2/c1-21-14-7-6-10(12(20-14)8-9-19)11-4-2-3-5-13(11)22-15(16,17)18/h2-7H,8H2,1H3. The van der Waals surface area contributed by atoms with Crippen LogP contribution in [-0.2, 0) is 6.42 Å². The maximum Gasteiger partial charge on any atom is 0.573 e. The Morgan fingerprint density at radius 3 is 2.50 bits per heavy atom. The first-order chi connectivity index (χ1) is 10.4. The quantitative estimate of drug-likeness (QED) is 0.863. The summed E-state index contributed by atoms with van der Waals surface area (Å²) < 4.78 is 46.5. The molecule has 7 heteroatoms. The summed E-state index contributed by atoms with van der Waals surface area (Å²) in [7, 11) is 1.42. The molecule has 0 bridgehead atoms. The predicted molar refractivity (Wildman–Crippen MR) is 72.2 cm³/mol. The van der Waals surface area contributed by atoms with E-state index in [9.17, 15) is 13.2 Å². The Kier molecular flexibility index (Phi) is 4.51. The molecule has 0 unspecified atom stereocenters. The number of aromatic nitrogens is 1. The predicted octanol–water partition coefficient (Wildman–Crippen LogP) is 3.72. The number of hydrogen-bond donors (Lipinski definition) is 0. The molecule has 0 spiro atoms. The second kappa shape index (κ2) is 6.35. The molecule has 0 N–H and O–H groups in total. The number of halogens is 3. The molecule has 0 atom stereocenters. The van der Waals surface area contributed by atoms with Gasteiger partial charge in [0.2, 0.25) is 5.88 Å². The molecular weight excluding hydrogens is 297 g/mol. The zero-order valence-electron chi connectivity index (χ0n) is 11.5. The average molecular weight is 308 g/mol. The normalized spacial score (nSPS) is 10.9. The highest BCUT2D eigenvalue weighted by atomic mass is 19.4. The highest BCUT2D eigenvalue weighted by Crippen LogP contribution is 2.35. The summed E-state index contributed by atoms with van der Waals surface area (Å²) in [6.45, 7) is 0. The molecule has 4 nitrogen and oxygen atoms in total. The van der Waals surface area contributed by atoms with Gasteiger partial charge in [-0.3, -0.25) is 0 Å². The summed E-state index contributed by atoms with van der Waals surface area (Å²) in [5.41, 5.74) is 0.919. The topological polar surface area (TPSA) is 55.1 Å². The molecule has 0 aliphatic carbocycles. The molecule has 1 aromatic heterocycles. The van der Waals surface area contributed by atoms with Crippen LogP contribution in [0.15, 0.2) is 36.4 Å². The van der Waals surface area contributed by atoms with Crippen molar-refractivity contribution >= 4 is 0 Å². The average Bonchev–Trinajstić information content (AvgIpc) is 2.47. The Balaban J connectivity index is 2.54. The lowest BCUT2D eigenvalue weighted by molar-refractivity contribution is -0.274. The van der Waals surface area contributed by atoms with E-state index in [2.05, 4.69) is 9.72 Å². The number of para-hydroxylation sites is 1. The number of ether oxygens (including phenoxy) is 2. The lowest BCUT2D eigenvalue weighted by Gasteiger charge is -2.15. The van der Waals surface area contributed by atoms with Crippen molar-refractivity contribution in [1.29, 1.82) is 5.26 Å². The van der Waals surface area contributed by atoms with Gasteiger partial charge in [-0.15, -0.1) is 13.2 Å². The molecule has 0 fully saturated rings. The van der Waals surface area contributed by atoms with Gasteiger partial charge in [0.25, 0.3) is 0 Å². The monoisotopic (exact) mass is 308 g/mol. The zero-order valence-corrected chi connectivity index (χ0v) is 11.5. The summed E-state index contributed by atoms with van der Waals surface area (Å²) in [5, 5.41) is 8.87. The van der Waals surface area contributed by atoms with Crippen LogP contribution in [0.2, 0.25) is 0 Å². The van der Waals surface area contributed by atoms with Crippen LogP contribution in [0.5, 0.6) is 11.6 Å². The minimum atomic E-state index is -4.80. The fourth-order valence-corrected chi connectivity index (χ4v) is 1.95. The summed E-state index contributed by atoms with van der Waals surface area (Å²) in [6, 6.07) is 10.7. The van der Waals surface area contributed by atoms with Gasteiger partial charge in [-0.1, -0.05) is 18.2 Å². The van der Waals surface area contributed by atoms with Gasteiger partial charge < -0.3 is 9.47 Å². The SMILES string of the molecule is COc1ccc(-c2ccccc2OC(F)(F)F)c(CC#N)n1. The lowest BCUT2D eigenvalue weighted by atomic mass is 10.0. The third-order valence-electron chi connectivity index (χ3n) is 2.81. The van der Waals surface area contributed by atoms with E-state index < -0.39 is 6.36 Å². The van der Waals surface area contributed by atoms with Gasteiger partial charge in [-0.25, -0.2) is 4.98 Å². The maximum atomic E-state index is 12.5. The van der Waals surface area contributed by atoms with Gasteiger partial charge in [0.05, 0.1) is 25.3 Å². The van der Waals surface area contributed by atoms with E-state index in [1.807, 2.05) is 6.07 Å². The molecule has 2 rings (SSSR count). The second-order valence-corrected chi connectivity index (χ2v) is 4.23. The van der Waals surface area contributed by atoms with Crippen molar-refractivity contribution in [3.8, 4) is 28.8 Å². The molecule has 0 saturated carbocycles. The molecule has 0 radical (unpaired) electrons. The Bertz CT molecular complexity index is 709. The molecule has 22 heavy (non-hydrogen) atoms. The molecule has 2 aromatic rings. The van der Waals surface area contributed by atoms with Gasteiger partial charge in [0, 0.05) is 17.2 Å². The highest BCUT2D eigenvalue weighted by molar-refractivity contribution is 5.73. The van der Waals surface area contributed by atoms with Crippen LogP contribution in [-0.4, -0.2) is 18.5 Å². The molecule has 0 saturated heterocycles. The van der Waals surface area contributed by atoms with E-state index in [-0.39, 0.29) is 23.6 Å². The first-order valence-electron chi connectivity index (χ1n) is 6.20. The smallest absolute Gasteiger partial charge is 0.481 e. The number of nitriles is 1. The van der Waals surface area contributed by atoms with E-state index in [0.29, 0.717) is 11.3 Å². The molecule has 0 amide bonds. The number of rotatable bonds is 4. The second-order valence-electron chi connectivity index (χ2n) is 4.23. The van der Waals surface area contributed by atoms with Gasteiger partial charge in [-0.2, -0.15) is 5.26 Å². The largest absolute Gasteiger partial charge is 0.573 e. The highest BCUT2D eigenvalue weighted by Gasteiger charge is 2.32. The molecule has 0 aliphatic heterocycles. The fourth-order valence-electron chi connectivity index (χ4n) is 1.95. The van der Waals surface area contributed by atoms with Crippen molar-refractivity contribution in [2.75, 3.05) is 7.11 Å². The van der Waals surface area contributed by atoms with Crippen molar-refractivity contribution < 1.29 is 22.6 Å². The van der Waals surface area contributed by atoms with Crippen molar-refractivity contribution in [3.05, 3.63) is 42.1 Å². The van der Waals surface area contributed by atoms with Crippen LogP contribution >= 0.6 is 0 Å². The van der Waals surface area contributed by atoms with Gasteiger partial charge in [-0.05, 0) is 12.1 Å². The Hall–Kier alpha value is -2.75. The van der Waals surface area contributed by atoms with Crippen LogP contribution in [0, 0.1) is 11.3 Å². The Morgan fingerprint density at radius 2 is 1.86 bits per heavy atom. The van der Waals surface area contributed by atoms with E-state index in [4.69, 9.17) is 10.00 Å². The number of methoxy groups -OCH3 is 1. The molecule has 114 valence electrons. The van der Waals surface area contributed by atoms with E-state index in [0.717, 1.165) is 0 Å². The number of benzene rings is 1. The van der Waals surface area contributed by atoms with Crippen LogP contribution < -0.4 is 9.47 Å². The number of pyridine rings is 1. The third-order valence-corrected chi connectivity index (χ3v) is 2.81. The zero-order chi connectivity index (χ0) is 16.2. The molecule has 1 heterocycles. The summed E-state index contributed by atoms with van der Waals surface area (Å²) >= 11 is 0. The van der Waals surface area contributed by atoms with E-state index >= 15 is 0 Å². The first kappa shape index (κ1) is 15.6. The van der Waals surface area contributed by atoms with Crippen molar-refractivity contribution in [2.45, 2.75) is 12.8 Å². The van der Waals surface area contributed by atoms with Crippen LogP contribution in [0.3, 0.4) is 0 Å². The van der Waals surface area contributed by atoms with E-state index in [1.165, 1.54) is 31.4 Å². The van der Waals surface area contributed by atoms with Crippen molar-refractivity contribution in [3.63, 3.8) is 0 Å². The first-order valence-corrected chi connectivity index (χ1v) is 6.20. The van der Waals surface area contributed by atoms with Gasteiger partial charge >= 0.3 is 6.36 Å². The Labute approximate surface area is 124 Å². The number of nitrogens with zero attached hydrogens (tertiary/aromatic N) is 2. The van der Waals surface area contributed by atoms with Crippen molar-refractivity contribution in [2.24, 2.45) is 0 Å². The minimum absolute atomic E-state index is 0.0626. The third kappa shape index (κ3) is 3.67. The number of hydrogen-bond acceptors (Lipinski definition) is 4. The summed E-state index contributed by atoms with van der Waals surface area (Å²) in [5.74, 6) is -0.0654. The Morgan fingerprint density at radius 1 is 1.14 bits per heavy atom. The molecular formula is C15H11F3N2O2. The lowest BCUT2D eigenvalue weighted by Crippen LogP contribution is -2.17. The van der Waals surface area contributed by atoms with Crippen LogP contribution in [0.25, 0.3) is 11.1 Å². The molecule has 1 aromatic carbocycles. The number of alkyl halides is 3. The van der Waals surface area contributed by atoms with Crippen LogP contribution in [0.1, 0.15) is 5.69 Å². The van der Waals surface area contributed by atoms with Gasteiger partial charge in [0.1, 0.15) is 5.75 Å².